The van der Waals surface area contributed by atoms with Crippen molar-refractivity contribution >= 4 is 5.91 Å². The van der Waals surface area contributed by atoms with E-state index in [1.165, 1.54) is 19.3 Å². The van der Waals surface area contributed by atoms with E-state index in [-0.39, 0.29) is 16.9 Å². The largest absolute Gasteiger partial charge is 0.382 e. The standard InChI is InChI=1S/C17H32N2O2/c1-5-21-10-6-9-18-12-15(20)19-17(4)14-8-7-13(11-14)16(17,2)3/h13-14,18H,5-12H2,1-4H3,(H,19,20)/p+1/t13-,14+,17-/m0/s1. The van der Waals surface area contributed by atoms with Crippen LogP contribution in [0.5, 0.6) is 0 Å². The van der Waals surface area contributed by atoms with Gasteiger partial charge in [-0.25, -0.2) is 0 Å². The smallest absolute Gasteiger partial charge is 0.275 e. The first kappa shape index (κ1) is 16.8. The van der Waals surface area contributed by atoms with Crippen LogP contribution in [0.1, 0.15) is 53.4 Å². The molecule has 0 aromatic carbocycles. The van der Waals surface area contributed by atoms with Crippen LogP contribution in [0, 0.1) is 17.3 Å². The number of rotatable bonds is 8. The van der Waals surface area contributed by atoms with Crippen LogP contribution in [0.2, 0.25) is 0 Å². The maximum absolute atomic E-state index is 12.3. The average molecular weight is 297 g/mol. The topological polar surface area (TPSA) is 54.9 Å². The Kier molecular flexibility index (Phi) is 5.31. The van der Waals surface area contributed by atoms with Gasteiger partial charge in [-0.3, -0.25) is 4.79 Å². The summed E-state index contributed by atoms with van der Waals surface area (Å²) in [4.78, 5) is 12.3. The zero-order valence-corrected chi connectivity index (χ0v) is 14.2. The second-order valence-corrected chi connectivity index (χ2v) is 7.51. The van der Waals surface area contributed by atoms with Crippen molar-refractivity contribution in [3.8, 4) is 0 Å². The Labute approximate surface area is 129 Å². The van der Waals surface area contributed by atoms with E-state index in [1.54, 1.807) is 0 Å². The lowest BCUT2D eigenvalue weighted by atomic mass is 9.64. The molecule has 4 nitrogen and oxygen atoms in total. The monoisotopic (exact) mass is 297 g/mol. The molecule has 2 aliphatic carbocycles. The van der Waals surface area contributed by atoms with E-state index in [2.05, 4.69) is 31.4 Å². The van der Waals surface area contributed by atoms with Gasteiger partial charge < -0.3 is 15.4 Å². The Morgan fingerprint density at radius 3 is 2.62 bits per heavy atom. The third-order valence-electron chi connectivity index (χ3n) is 6.24. The fraction of sp³-hybridized carbons (Fsp3) is 0.941. The van der Waals surface area contributed by atoms with Gasteiger partial charge in [-0.2, -0.15) is 0 Å². The molecule has 0 radical (unpaired) electrons. The molecular formula is C17H33N2O2+. The minimum Gasteiger partial charge on any atom is -0.382 e. The summed E-state index contributed by atoms with van der Waals surface area (Å²) >= 11 is 0. The summed E-state index contributed by atoms with van der Waals surface area (Å²) in [5.74, 6) is 1.64. The van der Waals surface area contributed by atoms with Crippen molar-refractivity contribution in [1.29, 1.82) is 0 Å². The number of carbonyl (C=O) groups excluding carboxylic acids is 1. The second-order valence-electron chi connectivity index (χ2n) is 7.51. The third-order valence-corrected chi connectivity index (χ3v) is 6.24. The van der Waals surface area contributed by atoms with Gasteiger partial charge >= 0.3 is 0 Å². The van der Waals surface area contributed by atoms with Crippen molar-refractivity contribution in [1.82, 2.24) is 5.32 Å². The van der Waals surface area contributed by atoms with Crippen LogP contribution in [0.25, 0.3) is 0 Å². The highest BCUT2D eigenvalue weighted by Crippen LogP contribution is 2.61. The molecule has 2 rings (SSSR count). The maximum Gasteiger partial charge on any atom is 0.275 e. The van der Waals surface area contributed by atoms with Gasteiger partial charge in [0.1, 0.15) is 0 Å². The normalized spacial score (nSPS) is 33.3. The molecule has 3 N–H and O–H groups in total. The SMILES string of the molecule is CCOCCC[NH2+]CC(=O)N[C@@]1(C)[C@@H]2CC[C@@H](C2)C1(C)C. The molecule has 2 fully saturated rings. The number of quaternary nitrogens is 1. The molecule has 0 saturated heterocycles. The summed E-state index contributed by atoms with van der Waals surface area (Å²) < 4.78 is 5.30. The molecule has 2 saturated carbocycles. The number of ether oxygens (including phenoxy) is 1. The fourth-order valence-electron chi connectivity index (χ4n) is 4.42. The number of hydrogen-bond acceptors (Lipinski definition) is 2. The predicted molar refractivity (Wildman–Crippen MR) is 83.9 cm³/mol. The van der Waals surface area contributed by atoms with Gasteiger partial charge in [0.2, 0.25) is 0 Å². The second kappa shape index (κ2) is 6.66. The molecular weight excluding hydrogens is 264 g/mol. The summed E-state index contributed by atoms with van der Waals surface area (Å²) in [6.45, 7) is 12.0. The minimum atomic E-state index is -0.0217. The van der Waals surface area contributed by atoms with E-state index >= 15 is 0 Å². The lowest BCUT2D eigenvalue weighted by molar-refractivity contribution is -0.644. The highest BCUT2D eigenvalue weighted by atomic mass is 16.5. The summed E-state index contributed by atoms with van der Waals surface area (Å²) in [6, 6.07) is 0. The Balaban J connectivity index is 1.75. The maximum atomic E-state index is 12.3. The Bertz CT molecular complexity index is 370. The van der Waals surface area contributed by atoms with Gasteiger partial charge in [-0.1, -0.05) is 13.8 Å². The average Bonchev–Trinajstić information content (AvgIpc) is 2.97. The lowest BCUT2D eigenvalue weighted by Gasteiger charge is -2.48. The van der Waals surface area contributed by atoms with Gasteiger partial charge in [-0.15, -0.1) is 0 Å². The molecule has 21 heavy (non-hydrogen) atoms. The Hall–Kier alpha value is -0.610. The molecule has 4 heteroatoms. The van der Waals surface area contributed by atoms with Crippen molar-refractivity contribution in [2.75, 3.05) is 26.3 Å². The van der Waals surface area contributed by atoms with Crippen LogP contribution in [-0.4, -0.2) is 37.7 Å². The van der Waals surface area contributed by atoms with E-state index in [1.807, 2.05) is 6.92 Å². The van der Waals surface area contributed by atoms with Crippen LogP contribution in [-0.2, 0) is 9.53 Å². The van der Waals surface area contributed by atoms with Crippen molar-refractivity contribution in [3.63, 3.8) is 0 Å². The van der Waals surface area contributed by atoms with Crippen LogP contribution in [0.4, 0.5) is 0 Å². The van der Waals surface area contributed by atoms with E-state index in [4.69, 9.17) is 4.74 Å². The summed E-state index contributed by atoms with van der Waals surface area (Å²) in [7, 11) is 0. The van der Waals surface area contributed by atoms with Gasteiger partial charge in [0.15, 0.2) is 6.54 Å². The summed E-state index contributed by atoms with van der Waals surface area (Å²) in [5, 5.41) is 5.47. The predicted octanol–water partition coefficient (Wildman–Crippen LogP) is 1.31. The molecule has 0 aromatic heterocycles. The summed E-state index contributed by atoms with van der Waals surface area (Å²) in [5.41, 5.74) is 0.201. The number of nitrogens with one attached hydrogen (secondary N) is 1. The van der Waals surface area contributed by atoms with Gasteiger partial charge in [0.05, 0.1) is 13.2 Å². The van der Waals surface area contributed by atoms with E-state index in [9.17, 15) is 4.79 Å². The molecule has 0 spiro atoms. The van der Waals surface area contributed by atoms with Crippen LogP contribution < -0.4 is 10.6 Å². The molecule has 3 atom stereocenters. The van der Waals surface area contributed by atoms with E-state index in [0.717, 1.165) is 32.1 Å². The number of amides is 1. The fourth-order valence-corrected chi connectivity index (χ4v) is 4.42. The minimum absolute atomic E-state index is 0.0217. The number of fused-ring (bicyclic) bond motifs is 2. The molecule has 0 heterocycles. The first-order chi connectivity index (χ1) is 9.91. The molecule has 0 unspecified atom stereocenters. The highest BCUT2D eigenvalue weighted by molar-refractivity contribution is 5.77. The highest BCUT2D eigenvalue weighted by Gasteiger charge is 2.60. The van der Waals surface area contributed by atoms with E-state index < -0.39 is 0 Å². The van der Waals surface area contributed by atoms with Crippen molar-refractivity contribution in [3.05, 3.63) is 0 Å². The number of carbonyl (C=O) groups is 1. The lowest BCUT2D eigenvalue weighted by Crippen LogP contribution is -2.87. The summed E-state index contributed by atoms with van der Waals surface area (Å²) in [6.07, 6.45) is 4.92. The Morgan fingerprint density at radius 1 is 1.29 bits per heavy atom. The van der Waals surface area contributed by atoms with Crippen molar-refractivity contribution in [2.45, 2.75) is 58.9 Å². The Morgan fingerprint density at radius 2 is 2.00 bits per heavy atom. The molecule has 1 amide bonds. The van der Waals surface area contributed by atoms with Crippen LogP contribution in [0.3, 0.4) is 0 Å². The number of hydrogen-bond donors (Lipinski definition) is 2. The molecule has 0 aromatic rings. The molecule has 2 bridgehead atoms. The quantitative estimate of drug-likeness (QED) is 0.664. The zero-order valence-electron chi connectivity index (χ0n) is 14.2. The van der Waals surface area contributed by atoms with E-state index in [0.29, 0.717) is 12.5 Å². The van der Waals surface area contributed by atoms with Crippen molar-refractivity contribution in [2.24, 2.45) is 17.3 Å². The van der Waals surface area contributed by atoms with Crippen LogP contribution in [0.15, 0.2) is 0 Å². The number of nitrogens with two attached hydrogens (primary N) is 1. The molecule has 122 valence electrons. The van der Waals surface area contributed by atoms with Crippen LogP contribution >= 0.6 is 0 Å². The first-order valence-corrected chi connectivity index (χ1v) is 8.62. The van der Waals surface area contributed by atoms with Crippen molar-refractivity contribution < 1.29 is 14.8 Å². The van der Waals surface area contributed by atoms with Gasteiger partial charge in [-0.05, 0) is 50.4 Å². The zero-order chi connectivity index (χ0) is 15.5. The van der Waals surface area contributed by atoms with Gasteiger partial charge in [0, 0.05) is 18.6 Å². The third kappa shape index (κ3) is 3.26. The first-order valence-electron chi connectivity index (χ1n) is 8.62. The van der Waals surface area contributed by atoms with Gasteiger partial charge in [0.25, 0.3) is 5.91 Å². The molecule has 2 aliphatic rings. The molecule has 0 aliphatic heterocycles.